The van der Waals surface area contributed by atoms with Gasteiger partial charge in [0.05, 0.1) is 16.1 Å². The summed E-state index contributed by atoms with van der Waals surface area (Å²) < 4.78 is 38.4. The second kappa shape index (κ2) is 11.6. The first kappa shape index (κ1) is 29.8. The van der Waals surface area contributed by atoms with Crippen LogP contribution in [0.25, 0.3) is 32.8 Å². The maximum atomic E-state index is 17.0. The summed E-state index contributed by atoms with van der Waals surface area (Å²) in [6, 6.07) is 11.4. The van der Waals surface area contributed by atoms with E-state index in [4.69, 9.17) is 32.7 Å². The van der Waals surface area contributed by atoms with Crippen molar-refractivity contribution in [2.75, 3.05) is 44.7 Å². The van der Waals surface area contributed by atoms with Gasteiger partial charge in [0, 0.05) is 54.1 Å². The number of anilines is 1. The van der Waals surface area contributed by atoms with E-state index in [2.05, 4.69) is 26.4 Å². The number of halogens is 3. The third kappa shape index (κ3) is 4.81. The maximum Gasteiger partial charge on any atom is 0.319 e. The largest absolute Gasteiger partial charge is 0.461 e. The number of rotatable bonds is 7. The molecule has 4 aliphatic rings. The number of likely N-dealkylation sites (N-methyl/N-ethyl adjacent to an activating group) is 1. The second-order valence-electron chi connectivity index (χ2n) is 13.3. The third-order valence-corrected chi connectivity index (χ3v) is 11.0. The van der Waals surface area contributed by atoms with Crippen molar-refractivity contribution in [1.82, 2.24) is 25.5 Å². The number of hydrogen-bond acceptors (Lipinski definition) is 7. The smallest absolute Gasteiger partial charge is 0.319 e. The first-order chi connectivity index (χ1) is 22.4. The quantitative estimate of drug-likeness (QED) is 0.244. The summed E-state index contributed by atoms with van der Waals surface area (Å²) in [5.41, 5.74) is 0.668. The van der Waals surface area contributed by atoms with E-state index in [1.165, 1.54) is 6.07 Å². The SMILES string of the molecule is C#Cc1c(F)ccc2cccc(-c3c(Cl)cc4c(N5CC6CCC(C5)N6)nc(OCC56CCCN5C(CNC)CC6)nc4c3F)c12. The predicted molar refractivity (Wildman–Crippen MR) is 179 cm³/mol. The van der Waals surface area contributed by atoms with Gasteiger partial charge >= 0.3 is 6.01 Å². The summed E-state index contributed by atoms with van der Waals surface area (Å²) in [7, 11) is 2.00. The zero-order chi connectivity index (χ0) is 31.6. The van der Waals surface area contributed by atoms with Crippen LogP contribution in [0.2, 0.25) is 5.02 Å². The van der Waals surface area contributed by atoms with Crippen molar-refractivity contribution in [3.05, 3.63) is 58.6 Å². The number of ether oxygens (including phenoxy) is 1. The Bertz CT molecular complexity index is 1880. The topological polar surface area (TPSA) is 65.6 Å². The molecule has 0 radical (unpaired) electrons. The molecule has 5 heterocycles. The highest BCUT2D eigenvalue weighted by atomic mass is 35.5. The minimum absolute atomic E-state index is 0.0702. The van der Waals surface area contributed by atoms with Crippen molar-refractivity contribution in [3.8, 4) is 29.5 Å². The zero-order valence-corrected chi connectivity index (χ0v) is 26.6. The molecule has 4 saturated heterocycles. The number of piperazine rings is 1. The molecule has 2 bridgehead atoms. The average molecular weight is 643 g/mol. The molecule has 0 amide bonds. The fourth-order valence-corrected chi connectivity index (χ4v) is 8.94. The first-order valence-corrected chi connectivity index (χ1v) is 16.7. The summed E-state index contributed by atoms with van der Waals surface area (Å²) in [4.78, 5) is 14.5. The van der Waals surface area contributed by atoms with Gasteiger partial charge in [-0.15, -0.1) is 6.42 Å². The molecule has 4 aromatic rings. The number of benzene rings is 3. The Morgan fingerprint density at radius 2 is 1.96 bits per heavy atom. The lowest BCUT2D eigenvalue weighted by molar-refractivity contribution is 0.0848. The second-order valence-corrected chi connectivity index (χ2v) is 13.8. The number of terminal acetylenes is 1. The number of fused-ring (bicyclic) bond motifs is 5. The third-order valence-electron chi connectivity index (χ3n) is 10.7. The van der Waals surface area contributed by atoms with Crippen LogP contribution in [0, 0.1) is 24.0 Å². The van der Waals surface area contributed by atoms with Gasteiger partial charge in [0.2, 0.25) is 0 Å². The molecular weight excluding hydrogens is 606 g/mol. The van der Waals surface area contributed by atoms with Crippen LogP contribution in [0.15, 0.2) is 36.4 Å². The molecule has 4 aliphatic heterocycles. The van der Waals surface area contributed by atoms with Gasteiger partial charge in [0.1, 0.15) is 23.8 Å². The number of nitrogens with zero attached hydrogens (tertiary/aromatic N) is 4. The van der Waals surface area contributed by atoms with E-state index in [1.54, 1.807) is 24.3 Å². The summed E-state index contributed by atoms with van der Waals surface area (Å²) in [6.07, 6.45) is 12.3. The normalized spacial score (nSPS) is 25.8. The molecule has 4 atom stereocenters. The van der Waals surface area contributed by atoms with Gasteiger partial charge in [-0.2, -0.15) is 9.97 Å². The summed E-state index contributed by atoms with van der Waals surface area (Å²) in [5, 5.41) is 8.85. The molecule has 0 aliphatic carbocycles. The van der Waals surface area contributed by atoms with E-state index in [9.17, 15) is 4.39 Å². The van der Waals surface area contributed by atoms with Gasteiger partial charge in [-0.1, -0.05) is 41.8 Å². The fraction of sp³-hybridized carbons (Fsp3) is 0.444. The summed E-state index contributed by atoms with van der Waals surface area (Å²) in [5.74, 6) is 1.94. The van der Waals surface area contributed by atoms with Crippen LogP contribution < -0.4 is 20.3 Å². The standard InChI is InChI=1S/C36H37ClF2N6O/c1-3-25-29(38)11-8-21-6-4-7-26(30(21)25)31-28(37)16-27-33(32(31)39)42-35(43-34(27)44-18-22-9-10-23(19-44)41-22)46-20-36-13-5-15-45(36)24(12-14-36)17-40-2/h1,4,6-8,11,16,22-24,40-41H,5,9-10,12-15,17-20H2,2H3. The highest BCUT2D eigenvalue weighted by Gasteiger charge is 2.49. The van der Waals surface area contributed by atoms with Crippen LogP contribution in [0.3, 0.4) is 0 Å². The van der Waals surface area contributed by atoms with Crippen LogP contribution in [0.5, 0.6) is 6.01 Å². The first-order valence-electron chi connectivity index (χ1n) is 16.3. The van der Waals surface area contributed by atoms with Crippen LogP contribution in [0.4, 0.5) is 14.6 Å². The lowest BCUT2D eigenvalue weighted by atomic mass is 9.93. The highest BCUT2D eigenvalue weighted by molar-refractivity contribution is 6.35. The van der Waals surface area contributed by atoms with Crippen molar-refractivity contribution in [3.63, 3.8) is 0 Å². The molecule has 1 aromatic heterocycles. The van der Waals surface area contributed by atoms with E-state index >= 15 is 4.39 Å². The minimum atomic E-state index is -0.607. The Labute approximate surface area is 272 Å². The molecular formula is C36H37ClF2N6O. The Balaban J connectivity index is 1.26. The molecule has 4 fully saturated rings. The maximum absolute atomic E-state index is 17.0. The van der Waals surface area contributed by atoms with Gasteiger partial charge in [-0.05, 0) is 75.2 Å². The van der Waals surface area contributed by atoms with Crippen LogP contribution in [-0.2, 0) is 0 Å². The summed E-state index contributed by atoms with van der Waals surface area (Å²) in [6.45, 7) is 3.94. The molecule has 2 N–H and O–H groups in total. The van der Waals surface area contributed by atoms with E-state index in [0.717, 1.165) is 64.7 Å². The number of hydrogen-bond donors (Lipinski definition) is 2. The molecule has 10 heteroatoms. The van der Waals surface area contributed by atoms with Crippen molar-refractivity contribution < 1.29 is 13.5 Å². The van der Waals surface area contributed by atoms with Gasteiger partial charge in [-0.25, -0.2) is 8.78 Å². The Morgan fingerprint density at radius 1 is 1.13 bits per heavy atom. The predicted octanol–water partition coefficient (Wildman–Crippen LogP) is 5.90. The minimum Gasteiger partial charge on any atom is -0.461 e. The highest BCUT2D eigenvalue weighted by Crippen LogP contribution is 2.44. The van der Waals surface area contributed by atoms with Crippen molar-refractivity contribution in [2.45, 2.75) is 62.2 Å². The van der Waals surface area contributed by atoms with Crippen molar-refractivity contribution in [1.29, 1.82) is 0 Å². The molecule has 0 spiro atoms. The van der Waals surface area contributed by atoms with Gasteiger partial charge < -0.3 is 20.3 Å². The number of nitrogens with one attached hydrogen (secondary N) is 2. The molecule has 238 valence electrons. The lowest BCUT2D eigenvalue weighted by Crippen LogP contribution is -2.51. The Hall–Kier alpha value is -3.55. The van der Waals surface area contributed by atoms with Crippen molar-refractivity contribution in [2.24, 2.45) is 0 Å². The Kier molecular flexibility index (Phi) is 7.52. The Morgan fingerprint density at radius 3 is 2.74 bits per heavy atom. The van der Waals surface area contributed by atoms with Crippen molar-refractivity contribution >= 4 is 39.1 Å². The molecule has 8 rings (SSSR count). The van der Waals surface area contributed by atoms with E-state index in [-0.39, 0.29) is 33.2 Å². The van der Waals surface area contributed by atoms with Crippen LogP contribution >= 0.6 is 11.6 Å². The average Bonchev–Trinajstić information content (AvgIpc) is 3.73. The monoisotopic (exact) mass is 642 g/mol. The fourth-order valence-electron chi connectivity index (χ4n) is 8.65. The molecule has 0 saturated carbocycles. The van der Waals surface area contributed by atoms with E-state index in [0.29, 0.717) is 52.3 Å². The van der Waals surface area contributed by atoms with E-state index < -0.39 is 11.6 Å². The van der Waals surface area contributed by atoms with E-state index in [1.807, 2.05) is 13.1 Å². The lowest BCUT2D eigenvalue weighted by Gasteiger charge is -2.35. The van der Waals surface area contributed by atoms with Crippen LogP contribution in [-0.4, -0.2) is 78.4 Å². The molecule has 7 nitrogen and oxygen atoms in total. The zero-order valence-electron chi connectivity index (χ0n) is 25.9. The summed E-state index contributed by atoms with van der Waals surface area (Å²) >= 11 is 6.93. The van der Waals surface area contributed by atoms with Gasteiger partial charge in [0.25, 0.3) is 0 Å². The number of aromatic nitrogens is 2. The molecule has 4 unspecified atom stereocenters. The molecule has 46 heavy (non-hydrogen) atoms. The van der Waals surface area contributed by atoms with Crippen LogP contribution in [0.1, 0.15) is 44.1 Å². The molecule has 3 aromatic carbocycles. The van der Waals surface area contributed by atoms with Gasteiger partial charge in [-0.3, -0.25) is 4.90 Å². The van der Waals surface area contributed by atoms with Gasteiger partial charge in [0.15, 0.2) is 5.82 Å².